The Morgan fingerprint density at radius 1 is 1.18 bits per heavy atom. The van der Waals surface area contributed by atoms with Crippen LogP contribution in [0.1, 0.15) is 24.2 Å². The maximum absolute atomic E-state index is 14.2. The van der Waals surface area contributed by atoms with Crippen molar-refractivity contribution in [3.63, 3.8) is 0 Å². The molecule has 0 bridgehead atoms. The van der Waals surface area contributed by atoms with Gasteiger partial charge in [0.15, 0.2) is 0 Å². The number of hydrogen-bond acceptors (Lipinski definition) is 4. The second-order valence-corrected chi connectivity index (χ2v) is 5.58. The highest BCUT2D eigenvalue weighted by Crippen LogP contribution is 2.24. The normalized spacial score (nSPS) is 15.9. The minimum Gasteiger partial charge on any atom is -0.392 e. The van der Waals surface area contributed by atoms with Crippen molar-refractivity contribution < 1.29 is 14.2 Å². The molecule has 1 aliphatic rings. The van der Waals surface area contributed by atoms with Gasteiger partial charge in [-0.2, -0.15) is 0 Å². The zero-order valence-corrected chi connectivity index (χ0v) is 12.3. The lowest BCUT2D eigenvalue weighted by atomic mass is 9.96. The van der Waals surface area contributed by atoms with Crippen molar-refractivity contribution in [2.75, 3.05) is 13.2 Å². The Hall–Kier alpha value is -1.85. The Morgan fingerprint density at radius 3 is 2.59 bits per heavy atom. The lowest BCUT2D eigenvalue weighted by Gasteiger charge is -2.21. The SMILES string of the molecule is OCc1cccc(-c2cnc(CC3CCOCC3)nc2)c1F. The minimum atomic E-state index is -0.411. The molecule has 0 unspecified atom stereocenters. The third-order valence-electron chi connectivity index (χ3n) is 4.08. The van der Waals surface area contributed by atoms with Crippen molar-refractivity contribution in [2.24, 2.45) is 5.92 Å². The number of nitrogens with zero attached hydrogens (tertiary/aromatic N) is 2. The van der Waals surface area contributed by atoms with Gasteiger partial charge < -0.3 is 9.84 Å². The second-order valence-electron chi connectivity index (χ2n) is 5.58. The van der Waals surface area contributed by atoms with Gasteiger partial charge in [-0.3, -0.25) is 0 Å². The predicted octanol–water partition coefficient (Wildman–Crippen LogP) is 2.74. The molecule has 5 heteroatoms. The lowest BCUT2D eigenvalue weighted by Crippen LogP contribution is -2.18. The summed E-state index contributed by atoms with van der Waals surface area (Å²) in [5.74, 6) is 0.939. The average molecular weight is 302 g/mol. The second kappa shape index (κ2) is 6.94. The fourth-order valence-corrected chi connectivity index (χ4v) is 2.73. The van der Waals surface area contributed by atoms with Crippen LogP contribution in [0.25, 0.3) is 11.1 Å². The first-order valence-electron chi connectivity index (χ1n) is 7.55. The summed E-state index contributed by atoms with van der Waals surface area (Å²) in [6.07, 6.45) is 6.22. The monoisotopic (exact) mass is 302 g/mol. The number of aliphatic hydroxyl groups is 1. The largest absolute Gasteiger partial charge is 0.392 e. The highest BCUT2D eigenvalue weighted by Gasteiger charge is 2.16. The van der Waals surface area contributed by atoms with Gasteiger partial charge in [0.2, 0.25) is 0 Å². The van der Waals surface area contributed by atoms with Gasteiger partial charge in [0.05, 0.1) is 6.61 Å². The average Bonchev–Trinajstić information content (AvgIpc) is 2.57. The molecule has 3 rings (SSSR count). The Morgan fingerprint density at radius 2 is 1.91 bits per heavy atom. The van der Waals surface area contributed by atoms with Gasteiger partial charge in [-0.25, -0.2) is 14.4 Å². The van der Waals surface area contributed by atoms with Crippen LogP contribution in [-0.4, -0.2) is 28.3 Å². The molecule has 0 aliphatic carbocycles. The zero-order valence-electron chi connectivity index (χ0n) is 12.3. The van der Waals surface area contributed by atoms with E-state index in [2.05, 4.69) is 9.97 Å². The van der Waals surface area contributed by atoms with Gasteiger partial charge in [-0.05, 0) is 18.8 Å². The molecular weight excluding hydrogens is 283 g/mol. The first-order chi connectivity index (χ1) is 10.8. The third-order valence-corrected chi connectivity index (χ3v) is 4.08. The van der Waals surface area contributed by atoms with Crippen molar-refractivity contribution in [1.82, 2.24) is 9.97 Å². The van der Waals surface area contributed by atoms with E-state index in [1.165, 1.54) is 0 Å². The topological polar surface area (TPSA) is 55.2 Å². The first kappa shape index (κ1) is 15.1. The molecule has 116 valence electrons. The van der Waals surface area contributed by atoms with Crippen LogP contribution in [0.15, 0.2) is 30.6 Å². The van der Waals surface area contributed by atoms with Crippen LogP contribution in [0.3, 0.4) is 0 Å². The molecule has 0 amide bonds. The molecule has 4 nitrogen and oxygen atoms in total. The quantitative estimate of drug-likeness (QED) is 0.943. The van der Waals surface area contributed by atoms with E-state index in [0.717, 1.165) is 38.3 Å². The fraction of sp³-hybridized carbons (Fsp3) is 0.412. The van der Waals surface area contributed by atoms with Gasteiger partial charge in [0, 0.05) is 48.7 Å². The van der Waals surface area contributed by atoms with E-state index in [-0.39, 0.29) is 12.2 Å². The molecule has 2 aromatic rings. The van der Waals surface area contributed by atoms with Crippen LogP contribution in [0, 0.1) is 11.7 Å². The summed E-state index contributed by atoms with van der Waals surface area (Å²) < 4.78 is 19.5. The van der Waals surface area contributed by atoms with E-state index in [9.17, 15) is 4.39 Å². The summed E-state index contributed by atoms with van der Waals surface area (Å²) in [6, 6.07) is 4.96. The third kappa shape index (κ3) is 3.31. The van der Waals surface area contributed by atoms with Crippen LogP contribution in [0.5, 0.6) is 0 Å². The van der Waals surface area contributed by atoms with Crippen LogP contribution in [-0.2, 0) is 17.8 Å². The van der Waals surface area contributed by atoms with Gasteiger partial charge in [-0.15, -0.1) is 0 Å². The maximum atomic E-state index is 14.2. The van der Waals surface area contributed by atoms with E-state index >= 15 is 0 Å². The summed E-state index contributed by atoms with van der Waals surface area (Å²) >= 11 is 0. The molecule has 0 spiro atoms. The molecule has 1 aromatic heterocycles. The summed E-state index contributed by atoms with van der Waals surface area (Å²) in [6.45, 7) is 1.30. The molecule has 1 aliphatic heterocycles. The standard InChI is InChI=1S/C17H19FN2O2/c18-17-13(11-21)2-1-3-15(17)14-9-19-16(20-10-14)8-12-4-6-22-7-5-12/h1-3,9-10,12,21H,4-8,11H2. The number of halogens is 1. The highest BCUT2D eigenvalue weighted by atomic mass is 19.1. The van der Waals surface area contributed by atoms with Crippen LogP contribution >= 0.6 is 0 Å². The number of rotatable bonds is 4. The smallest absolute Gasteiger partial charge is 0.136 e. The number of hydrogen-bond donors (Lipinski definition) is 1. The van der Waals surface area contributed by atoms with Crippen molar-refractivity contribution in [3.8, 4) is 11.1 Å². The molecule has 1 N–H and O–H groups in total. The van der Waals surface area contributed by atoms with Crippen molar-refractivity contribution in [1.29, 1.82) is 0 Å². The summed E-state index contributed by atoms with van der Waals surface area (Å²) in [5, 5.41) is 9.13. The van der Waals surface area contributed by atoms with E-state index in [4.69, 9.17) is 9.84 Å². The van der Waals surface area contributed by atoms with Gasteiger partial charge in [0.25, 0.3) is 0 Å². The number of aliphatic hydroxyl groups excluding tert-OH is 1. The van der Waals surface area contributed by atoms with Crippen LogP contribution in [0.2, 0.25) is 0 Å². The van der Waals surface area contributed by atoms with Gasteiger partial charge >= 0.3 is 0 Å². The molecule has 2 heterocycles. The number of benzene rings is 1. The molecule has 0 atom stereocenters. The van der Waals surface area contributed by atoms with E-state index < -0.39 is 5.82 Å². The first-order valence-corrected chi connectivity index (χ1v) is 7.55. The molecule has 0 radical (unpaired) electrons. The fourth-order valence-electron chi connectivity index (χ4n) is 2.73. The number of ether oxygens (including phenoxy) is 1. The van der Waals surface area contributed by atoms with Crippen molar-refractivity contribution >= 4 is 0 Å². The minimum absolute atomic E-state index is 0.281. The Kier molecular flexibility index (Phi) is 4.75. The molecule has 22 heavy (non-hydrogen) atoms. The lowest BCUT2D eigenvalue weighted by molar-refractivity contribution is 0.0660. The molecular formula is C17H19FN2O2. The Balaban J connectivity index is 1.76. The summed E-state index contributed by atoms with van der Waals surface area (Å²) in [4.78, 5) is 8.73. The van der Waals surface area contributed by atoms with Crippen LogP contribution in [0.4, 0.5) is 4.39 Å². The summed E-state index contributed by atoms with van der Waals surface area (Å²) in [5.41, 5.74) is 1.33. The molecule has 1 aromatic carbocycles. The van der Waals surface area contributed by atoms with Crippen LogP contribution < -0.4 is 0 Å². The van der Waals surface area contributed by atoms with Gasteiger partial charge in [-0.1, -0.05) is 18.2 Å². The maximum Gasteiger partial charge on any atom is 0.136 e. The number of aromatic nitrogens is 2. The highest BCUT2D eigenvalue weighted by molar-refractivity contribution is 5.63. The van der Waals surface area contributed by atoms with Crippen molar-refractivity contribution in [2.45, 2.75) is 25.9 Å². The van der Waals surface area contributed by atoms with Crippen molar-refractivity contribution in [3.05, 3.63) is 47.8 Å². The predicted molar refractivity (Wildman–Crippen MR) is 80.6 cm³/mol. The van der Waals surface area contributed by atoms with E-state index in [1.54, 1.807) is 30.6 Å². The Labute approximate surface area is 129 Å². The zero-order chi connectivity index (χ0) is 15.4. The summed E-state index contributed by atoms with van der Waals surface area (Å²) in [7, 11) is 0. The molecule has 0 saturated carbocycles. The molecule has 1 fully saturated rings. The molecule has 1 saturated heterocycles. The van der Waals surface area contributed by atoms with E-state index in [0.29, 0.717) is 17.0 Å². The van der Waals surface area contributed by atoms with E-state index in [1.807, 2.05) is 0 Å². The van der Waals surface area contributed by atoms with Gasteiger partial charge in [0.1, 0.15) is 11.6 Å². The Bertz CT molecular complexity index is 625.